The van der Waals surface area contributed by atoms with E-state index in [1.54, 1.807) is 48.6 Å². The summed E-state index contributed by atoms with van der Waals surface area (Å²) in [5.74, 6) is -2.47. The van der Waals surface area contributed by atoms with Crippen molar-refractivity contribution in [2.45, 2.75) is 19.9 Å². The van der Waals surface area contributed by atoms with Gasteiger partial charge in [-0.05, 0) is 62.4 Å². The van der Waals surface area contributed by atoms with Crippen molar-refractivity contribution < 1.29 is 28.3 Å². The summed E-state index contributed by atoms with van der Waals surface area (Å²) in [4.78, 5) is 56.8. The van der Waals surface area contributed by atoms with E-state index in [0.29, 0.717) is 22.1 Å². The number of hydrogen-bond donors (Lipinski definition) is 3. The van der Waals surface area contributed by atoms with Crippen LogP contribution in [0.4, 0.5) is 5.69 Å². The molecular weight excluding hydrogens is 564 g/mol. The van der Waals surface area contributed by atoms with Crippen LogP contribution >= 0.6 is 0 Å². The molecule has 2 aromatic heterocycles. The largest absolute Gasteiger partial charge is 0.480 e. The first kappa shape index (κ1) is 29.8. The third-order valence-electron chi connectivity index (χ3n) is 7.06. The summed E-state index contributed by atoms with van der Waals surface area (Å²) < 4.78 is 11.4. The molecule has 0 fully saturated rings. The van der Waals surface area contributed by atoms with E-state index < -0.39 is 29.5 Å². The van der Waals surface area contributed by atoms with Crippen LogP contribution in [-0.2, 0) is 9.59 Å². The maximum atomic E-state index is 13.0. The number of aliphatic carboxylic acids is 1. The molecule has 2 aromatic carbocycles. The van der Waals surface area contributed by atoms with E-state index in [0.717, 1.165) is 18.8 Å². The molecule has 224 valence electrons. The van der Waals surface area contributed by atoms with Crippen LogP contribution in [0.3, 0.4) is 0 Å². The van der Waals surface area contributed by atoms with E-state index in [4.69, 9.17) is 8.83 Å². The highest BCUT2D eigenvalue weighted by molar-refractivity contribution is 6.00. The number of benzene rings is 2. The molecule has 11 nitrogen and oxygen atoms in total. The summed E-state index contributed by atoms with van der Waals surface area (Å²) in [7, 11) is 0. The monoisotopic (exact) mass is 594 g/mol. The van der Waals surface area contributed by atoms with E-state index in [2.05, 4.69) is 20.5 Å². The van der Waals surface area contributed by atoms with Crippen molar-refractivity contribution in [2.24, 2.45) is 0 Å². The highest BCUT2D eigenvalue weighted by Crippen LogP contribution is 2.27. The first-order valence-corrected chi connectivity index (χ1v) is 14.0. The Balaban J connectivity index is 1.32. The Hall–Kier alpha value is -5.71. The number of rotatable bonds is 10. The highest BCUT2D eigenvalue weighted by atomic mass is 16.4. The lowest BCUT2D eigenvalue weighted by atomic mass is 10.1. The quantitative estimate of drug-likeness (QED) is 0.227. The third kappa shape index (κ3) is 6.51. The molecule has 0 spiro atoms. The number of carbonyl (C=O) groups excluding carboxylic acids is 2. The number of amides is 2. The molecule has 1 aliphatic carbocycles. The number of carboxylic acid groups (broad SMARTS) is 1. The zero-order chi connectivity index (χ0) is 31.2. The van der Waals surface area contributed by atoms with Gasteiger partial charge in [0, 0.05) is 47.9 Å². The summed E-state index contributed by atoms with van der Waals surface area (Å²) in [6, 6.07) is 10.3. The Morgan fingerprint density at radius 1 is 0.909 bits per heavy atom. The maximum absolute atomic E-state index is 13.0. The third-order valence-corrected chi connectivity index (χ3v) is 7.06. The number of carbonyl (C=O) groups is 3. The molecule has 0 saturated heterocycles. The molecule has 5 rings (SSSR count). The van der Waals surface area contributed by atoms with Gasteiger partial charge in [-0.1, -0.05) is 30.4 Å². The number of anilines is 1. The second-order valence-electron chi connectivity index (χ2n) is 9.87. The maximum Gasteiger partial charge on any atom is 0.349 e. The van der Waals surface area contributed by atoms with Gasteiger partial charge < -0.3 is 29.5 Å². The van der Waals surface area contributed by atoms with E-state index in [1.807, 2.05) is 32.0 Å². The van der Waals surface area contributed by atoms with Crippen molar-refractivity contribution >= 4 is 45.5 Å². The molecule has 0 radical (unpaired) electrons. The van der Waals surface area contributed by atoms with Crippen LogP contribution in [0.1, 0.15) is 24.2 Å². The van der Waals surface area contributed by atoms with Gasteiger partial charge in [0.2, 0.25) is 5.89 Å². The van der Waals surface area contributed by atoms with Crippen LogP contribution < -0.4 is 21.2 Å². The van der Waals surface area contributed by atoms with Gasteiger partial charge in [0.1, 0.15) is 22.7 Å². The van der Waals surface area contributed by atoms with Gasteiger partial charge in [-0.2, -0.15) is 0 Å². The second kappa shape index (κ2) is 13.1. The molecule has 2 heterocycles. The average Bonchev–Trinajstić information content (AvgIpc) is 3.42. The zero-order valence-electron chi connectivity index (χ0n) is 24.1. The summed E-state index contributed by atoms with van der Waals surface area (Å²) in [5, 5.41) is 15.3. The Morgan fingerprint density at radius 2 is 1.68 bits per heavy atom. The molecule has 3 N–H and O–H groups in total. The SMILES string of the molecule is CCN(CC)c1ccc2cc(-c3nc4cc(C(=O)NC(CNC(=O)C5=C/C=C\C=C/C=C5)C(=O)O)ccc4o3)c(=O)oc2c1. The number of carboxylic acids is 1. The Kier molecular flexibility index (Phi) is 8.85. The number of oxazole rings is 1. The summed E-state index contributed by atoms with van der Waals surface area (Å²) in [6.45, 7) is 5.38. The fourth-order valence-corrected chi connectivity index (χ4v) is 4.67. The Labute approximate surface area is 251 Å². The molecule has 4 aromatic rings. The van der Waals surface area contributed by atoms with Crippen LogP contribution in [0.2, 0.25) is 0 Å². The fourth-order valence-electron chi connectivity index (χ4n) is 4.67. The van der Waals surface area contributed by atoms with Crippen molar-refractivity contribution in [3.05, 3.63) is 107 Å². The van der Waals surface area contributed by atoms with Crippen LogP contribution in [-0.4, -0.2) is 53.6 Å². The van der Waals surface area contributed by atoms with Gasteiger partial charge in [0.25, 0.3) is 11.8 Å². The minimum Gasteiger partial charge on any atom is -0.480 e. The minimum absolute atomic E-state index is 0.0232. The molecule has 1 unspecified atom stereocenters. The van der Waals surface area contributed by atoms with Crippen molar-refractivity contribution in [2.75, 3.05) is 24.5 Å². The molecule has 2 amide bonds. The van der Waals surface area contributed by atoms with E-state index in [-0.39, 0.29) is 29.1 Å². The molecule has 11 heteroatoms. The lowest BCUT2D eigenvalue weighted by Crippen LogP contribution is -2.48. The van der Waals surface area contributed by atoms with Gasteiger partial charge in [-0.3, -0.25) is 9.59 Å². The average molecular weight is 595 g/mol. The number of nitrogens with zero attached hydrogens (tertiary/aromatic N) is 2. The molecule has 1 aliphatic rings. The van der Waals surface area contributed by atoms with E-state index >= 15 is 0 Å². The Morgan fingerprint density at radius 3 is 2.45 bits per heavy atom. The van der Waals surface area contributed by atoms with Crippen molar-refractivity contribution in [1.29, 1.82) is 0 Å². The van der Waals surface area contributed by atoms with Gasteiger partial charge >= 0.3 is 11.6 Å². The van der Waals surface area contributed by atoms with Gasteiger partial charge in [-0.25, -0.2) is 14.6 Å². The number of allylic oxidation sites excluding steroid dienone is 6. The van der Waals surface area contributed by atoms with Crippen LogP contribution in [0, 0.1) is 0 Å². The summed E-state index contributed by atoms with van der Waals surface area (Å²) in [6.07, 6.45) is 11.9. The van der Waals surface area contributed by atoms with Crippen molar-refractivity contribution in [3.63, 3.8) is 0 Å². The summed E-state index contributed by atoms with van der Waals surface area (Å²) in [5.41, 5.74) is 1.94. The highest BCUT2D eigenvalue weighted by Gasteiger charge is 2.23. The molecule has 1 atom stereocenters. The van der Waals surface area contributed by atoms with Gasteiger partial charge in [0.05, 0.1) is 0 Å². The Bertz CT molecular complexity index is 1930. The lowest BCUT2D eigenvalue weighted by molar-refractivity contribution is -0.139. The number of fused-ring (bicyclic) bond motifs is 2. The lowest BCUT2D eigenvalue weighted by Gasteiger charge is -2.20. The summed E-state index contributed by atoms with van der Waals surface area (Å²) >= 11 is 0. The predicted octanol–water partition coefficient (Wildman–Crippen LogP) is 4.36. The molecular formula is C33H30N4O7. The minimum atomic E-state index is -1.40. The number of hydrogen-bond acceptors (Lipinski definition) is 8. The standard InChI is InChI=1S/C33H30N4O7/c1-3-37(4-2)23-14-12-21-16-24(33(42)44-28(21)18-23)31-36-25-17-22(13-15-27(25)43-31)30(39)35-26(32(40)41)19-34-29(38)20-10-8-6-5-7-9-11-20/h5-18,26H,3-4,19H2,1-2H3,(H,34,38)(H,35,39)(H,40,41)/b6-5-,7-5?,8-6?,9-7-,10-8?,11-9?,20-10?,20-11?. The molecule has 0 saturated carbocycles. The fraction of sp³-hybridized carbons (Fsp3) is 0.182. The van der Waals surface area contributed by atoms with Gasteiger partial charge in [0.15, 0.2) is 5.58 Å². The smallest absolute Gasteiger partial charge is 0.349 e. The van der Waals surface area contributed by atoms with Crippen molar-refractivity contribution in [1.82, 2.24) is 15.6 Å². The van der Waals surface area contributed by atoms with Crippen molar-refractivity contribution in [3.8, 4) is 11.5 Å². The van der Waals surface area contributed by atoms with E-state index in [1.165, 1.54) is 18.2 Å². The second-order valence-corrected chi connectivity index (χ2v) is 9.87. The first-order chi connectivity index (χ1) is 21.3. The van der Waals surface area contributed by atoms with Gasteiger partial charge in [-0.15, -0.1) is 0 Å². The molecule has 44 heavy (non-hydrogen) atoms. The zero-order valence-corrected chi connectivity index (χ0v) is 24.1. The number of aromatic nitrogens is 1. The predicted molar refractivity (Wildman–Crippen MR) is 166 cm³/mol. The normalized spacial score (nSPS) is 14.7. The first-order valence-electron chi connectivity index (χ1n) is 14.0. The van der Waals surface area contributed by atoms with Crippen LogP contribution in [0.5, 0.6) is 0 Å². The van der Waals surface area contributed by atoms with Crippen LogP contribution in [0.25, 0.3) is 33.5 Å². The topological polar surface area (TPSA) is 155 Å². The number of nitrogens with one attached hydrogen (secondary N) is 2. The van der Waals surface area contributed by atoms with E-state index in [9.17, 15) is 24.3 Å². The van der Waals surface area contributed by atoms with Crippen LogP contribution in [0.15, 0.2) is 104 Å². The molecule has 0 bridgehead atoms. The molecule has 0 aliphatic heterocycles.